The van der Waals surface area contributed by atoms with Gasteiger partial charge in [-0.05, 0) is 24.5 Å². The maximum atomic E-state index is 10.8. The van der Waals surface area contributed by atoms with E-state index in [9.17, 15) is 4.79 Å². The first-order chi connectivity index (χ1) is 10.1. The Morgan fingerprint density at radius 3 is 2.81 bits per heavy atom. The number of para-hydroxylation sites is 2. The van der Waals surface area contributed by atoms with Gasteiger partial charge in [-0.1, -0.05) is 50.6 Å². The van der Waals surface area contributed by atoms with Gasteiger partial charge in [-0.15, -0.1) is 0 Å². The standard InChI is InChI=1S/C16H22N2O2S/c1-12(2)7-5-6-10-18-14-9-4-3-8-13(14)17-16(18)21-11-15(19)20/h3-4,8-9,12H,5-7,10-11H2,1-2H3,(H,19,20). The number of nitrogens with zero attached hydrogens (tertiary/aromatic N) is 2. The summed E-state index contributed by atoms with van der Waals surface area (Å²) in [7, 11) is 0. The molecule has 1 aromatic carbocycles. The molecule has 114 valence electrons. The Bertz CT molecular complexity index is 607. The minimum atomic E-state index is -0.807. The third-order valence-electron chi connectivity index (χ3n) is 3.36. The minimum absolute atomic E-state index is 0.0509. The normalized spacial score (nSPS) is 11.4. The average molecular weight is 306 g/mol. The zero-order valence-electron chi connectivity index (χ0n) is 12.6. The molecule has 0 atom stereocenters. The molecule has 0 bridgehead atoms. The largest absolute Gasteiger partial charge is 0.481 e. The third kappa shape index (κ3) is 4.49. The van der Waals surface area contributed by atoms with Gasteiger partial charge in [-0.3, -0.25) is 4.79 Å². The molecule has 5 heteroatoms. The molecule has 0 spiro atoms. The number of thioether (sulfide) groups is 1. The number of carboxylic acids is 1. The van der Waals surface area contributed by atoms with Crippen molar-refractivity contribution in [3.8, 4) is 0 Å². The van der Waals surface area contributed by atoms with Crippen molar-refractivity contribution < 1.29 is 9.90 Å². The molecule has 2 aromatic rings. The van der Waals surface area contributed by atoms with Crippen molar-refractivity contribution in [1.29, 1.82) is 0 Å². The fourth-order valence-corrected chi connectivity index (χ4v) is 3.09. The number of aliphatic carboxylic acids is 1. The van der Waals surface area contributed by atoms with Gasteiger partial charge in [0.25, 0.3) is 0 Å². The topological polar surface area (TPSA) is 55.1 Å². The van der Waals surface area contributed by atoms with Crippen LogP contribution in [0.25, 0.3) is 11.0 Å². The Morgan fingerprint density at radius 1 is 1.33 bits per heavy atom. The maximum absolute atomic E-state index is 10.8. The van der Waals surface area contributed by atoms with Crippen LogP contribution in [0.3, 0.4) is 0 Å². The molecule has 0 aliphatic carbocycles. The lowest BCUT2D eigenvalue weighted by atomic mass is 10.1. The molecule has 1 heterocycles. The number of hydrogen-bond donors (Lipinski definition) is 1. The predicted octanol–water partition coefficient (Wildman–Crippen LogP) is 4.04. The first kappa shape index (κ1) is 15.9. The van der Waals surface area contributed by atoms with Crippen molar-refractivity contribution in [2.24, 2.45) is 5.92 Å². The van der Waals surface area contributed by atoms with E-state index in [-0.39, 0.29) is 5.75 Å². The number of hydrogen-bond acceptors (Lipinski definition) is 3. The SMILES string of the molecule is CC(C)CCCCn1c(SCC(=O)O)nc2ccccc21. The Balaban J connectivity index is 2.13. The number of fused-ring (bicyclic) bond motifs is 1. The zero-order chi connectivity index (χ0) is 15.2. The van der Waals surface area contributed by atoms with E-state index >= 15 is 0 Å². The number of benzene rings is 1. The molecule has 0 unspecified atom stereocenters. The quantitative estimate of drug-likeness (QED) is 0.591. The Hall–Kier alpha value is -1.49. The molecule has 0 saturated heterocycles. The van der Waals surface area contributed by atoms with Crippen LogP contribution in [0.5, 0.6) is 0 Å². The van der Waals surface area contributed by atoms with Crippen molar-refractivity contribution in [1.82, 2.24) is 9.55 Å². The van der Waals surface area contributed by atoms with E-state index in [0.29, 0.717) is 0 Å². The summed E-state index contributed by atoms with van der Waals surface area (Å²) in [6.45, 7) is 5.37. The number of aromatic nitrogens is 2. The molecule has 0 aliphatic rings. The van der Waals surface area contributed by atoms with E-state index < -0.39 is 5.97 Å². The van der Waals surface area contributed by atoms with Crippen LogP contribution in [0.2, 0.25) is 0 Å². The summed E-state index contributed by atoms with van der Waals surface area (Å²) in [6, 6.07) is 7.99. The highest BCUT2D eigenvalue weighted by molar-refractivity contribution is 7.99. The molecule has 0 aliphatic heterocycles. The summed E-state index contributed by atoms with van der Waals surface area (Å²) in [5, 5.41) is 9.67. The molecule has 4 nitrogen and oxygen atoms in total. The van der Waals surface area contributed by atoms with Gasteiger partial charge in [0.2, 0.25) is 0 Å². The van der Waals surface area contributed by atoms with Gasteiger partial charge in [0.15, 0.2) is 5.16 Å². The van der Waals surface area contributed by atoms with Gasteiger partial charge in [-0.25, -0.2) is 4.98 Å². The van der Waals surface area contributed by atoms with Crippen molar-refractivity contribution >= 4 is 28.8 Å². The van der Waals surface area contributed by atoms with Gasteiger partial charge in [0.1, 0.15) is 0 Å². The van der Waals surface area contributed by atoms with E-state index in [1.807, 2.05) is 18.2 Å². The monoisotopic (exact) mass is 306 g/mol. The molecular weight excluding hydrogens is 284 g/mol. The van der Waals surface area contributed by atoms with Gasteiger partial charge in [-0.2, -0.15) is 0 Å². The van der Waals surface area contributed by atoms with E-state index in [1.54, 1.807) is 0 Å². The third-order valence-corrected chi connectivity index (χ3v) is 4.32. The van der Waals surface area contributed by atoms with Gasteiger partial charge >= 0.3 is 5.97 Å². The second-order valence-corrected chi connectivity index (χ2v) is 6.55. The van der Waals surface area contributed by atoms with Crippen LogP contribution >= 0.6 is 11.8 Å². The number of carbonyl (C=O) groups is 1. The second kappa shape index (κ2) is 7.50. The van der Waals surface area contributed by atoms with Gasteiger partial charge in [0, 0.05) is 6.54 Å². The van der Waals surface area contributed by atoms with E-state index in [2.05, 4.69) is 29.5 Å². The van der Waals surface area contributed by atoms with Gasteiger partial charge < -0.3 is 9.67 Å². The Kier molecular flexibility index (Phi) is 5.67. The lowest BCUT2D eigenvalue weighted by Gasteiger charge is -2.09. The summed E-state index contributed by atoms with van der Waals surface area (Å²) in [5.74, 6) is -0.0289. The molecule has 0 amide bonds. The van der Waals surface area contributed by atoms with Crippen LogP contribution in [0.15, 0.2) is 29.4 Å². The molecular formula is C16H22N2O2S. The van der Waals surface area contributed by atoms with Crippen LogP contribution in [0.1, 0.15) is 33.1 Å². The lowest BCUT2D eigenvalue weighted by Crippen LogP contribution is -2.04. The van der Waals surface area contributed by atoms with Crippen LogP contribution in [0, 0.1) is 5.92 Å². The summed E-state index contributed by atoms with van der Waals surface area (Å²) >= 11 is 1.30. The van der Waals surface area contributed by atoms with Gasteiger partial charge in [0.05, 0.1) is 16.8 Å². The van der Waals surface area contributed by atoms with E-state index in [4.69, 9.17) is 5.11 Å². The number of carboxylic acid groups (broad SMARTS) is 1. The molecule has 21 heavy (non-hydrogen) atoms. The number of rotatable bonds is 8. The van der Waals surface area contributed by atoms with Crippen LogP contribution < -0.4 is 0 Å². The van der Waals surface area contributed by atoms with Crippen molar-refractivity contribution in [3.63, 3.8) is 0 Å². The summed E-state index contributed by atoms with van der Waals surface area (Å²) < 4.78 is 2.16. The molecule has 1 aromatic heterocycles. The number of aryl methyl sites for hydroxylation is 1. The molecule has 0 saturated carbocycles. The highest BCUT2D eigenvalue weighted by Crippen LogP contribution is 2.24. The van der Waals surface area contributed by atoms with E-state index in [0.717, 1.165) is 35.1 Å². The smallest absolute Gasteiger partial charge is 0.313 e. The average Bonchev–Trinajstić information content (AvgIpc) is 2.79. The fraction of sp³-hybridized carbons (Fsp3) is 0.500. The lowest BCUT2D eigenvalue weighted by molar-refractivity contribution is -0.133. The summed E-state index contributed by atoms with van der Waals surface area (Å²) in [6.07, 6.45) is 3.51. The Labute approximate surface area is 129 Å². The summed E-state index contributed by atoms with van der Waals surface area (Å²) in [4.78, 5) is 15.3. The highest BCUT2D eigenvalue weighted by Gasteiger charge is 2.12. The van der Waals surface area contributed by atoms with Crippen LogP contribution in [-0.2, 0) is 11.3 Å². The Morgan fingerprint density at radius 2 is 2.10 bits per heavy atom. The first-order valence-corrected chi connectivity index (χ1v) is 8.36. The predicted molar refractivity (Wildman–Crippen MR) is 86.8 cm³/mol. The number of imidazole rings is 1. The van der Waals surface area contributed by atoms with E-state index in [1.165, 1.54) is 24.6 Å². The molecule has 1 N–H and O–H groups in total. The van der Waals surface area contributed by atoms with Crippen molar-refractivity contribution in [3.05, 3.63) is 24.3 Å². The summed E-state index contributed by atoms with van der Waals surface area (Å²) in [5.41, 5.74) is 2.03. The zero-order valence-corrected chi connectivity index (χ0v) is 13.4. The van der Waals surface area contributed by atoms with Crippen molar-refractivity contribution in [2.45, 2.75) is 44.8 Å². The highest BCUT2D eigenvalue weighted by atomic mass is 32.2. The first-order valence-electron chi connectivity index (χ1n) is 7.38. The number of unbranched alkanes of at least 4 members (excludes halogenated alkanes) is 1. The van der Waals surface area contributed by atoms with Crippen LogP contribution in [-0.4, -0.2) is 26.4 Å². The second-order valence-electron chi connectivity index (χ2n) is 5.61. The molecule has 2 rings (SSSR count). The molecule has 0 radical (unpaired) electrons. The minimum Gasteiger partial charge on any atom is -0.481 e. The van der Waals surface area contributed by atoms with Crippen LogP contribution in [0.4, 0.5) is 0 Å². The fourth-order valence-electron chi connectivity index (χ4n) is 2.33. The van der Waals surface area contributed by atoms with Crippen molar-refractivity contribution in [2.75, 3.05) is 5.75 Å². The molecule has 0 fully saturated rings. The maximum Gasteiger partial charge on any atom is 0.313 e.